The van der Waals surface area contributed by atoms with Crippen molar-refractivity contribution in [3.63, 3.8) is 0 Å². The SMILES string of the molecule is Nc1ccn(CC(=O)NCc2ccccc2F)n1. The highest BCUT2D eigenvalue weighted by atomic mass is 19.1. The van der Waals surface area contributed by atoms with Gasteiger partial charge < -0.3 is 11.1 Å². The van der Waals surface area contributed by atoms with Crippen LogP contribution >= 0.6 is 0 Å². The molecule has 94 valence electrons. The van der Waals surface area contributed by atoms with E-state index in [2.05, 4.69) is 10.4 Å². The minimum atomic E-state index is -0.332. The molecule has 1 heterocycles. The van der Waals surface area contributed by atoms with Crippen molar-refractivity contribution in [2.24, 2.45) is 0 Å². The number of benzene rings is 1. The van der Waals surface area contributed by atoms with Gasteiger partial charge in [0.15, 0.2) is 0 Å². The van der Waals surface area contributed by atoms with Gasteiger partial charge in [0, 0.05) is 18.3 Å². The van der Waals surface area contributed by atoms with Crippen molar-refractivity contribution in [1.82, 2.24) is 15.1 Å². The summed E-state index contributed by atoms with van der Waals surface area (Å²) in [6.45, 7) is 0.216. The van der Waals surface area contributed by atoms with Crippen molar-refractivity contribution in [3.8, 4) is 0 Å². The Morgan fingerprint density at radius 1 is 1.39 bits per heavy atom. The Morgan fingerprint density at radius 3 is 2.83 bits per heavy atom. The summed E-state index contributed by atoms with van der Waals surface area (Å²) in [5.74, 6) is -0.223. The lowest BCUT2D eigenvalue weighted by molar-refractivity contribution is -0.122. The zero-order valence-corrected chi connectivity index (χ0v) is 9.64. The lowest BCUT2D eigenvalue weighted by Gasteiger charge is -2.06. The molecule has 0 saturated carbocycles. The Bertz CT molecular complexity index is 553. The summed E-state index contributed by atoms with van der Waals surface area (Å²) in [5.41, 5.74) is 5.88. The summed E-state index contributed by atoms with van der Waals surface area (Å²) in [6.07, 6.45) is 1.61. The molecule has 0 atom stereocenters. The largest absolute Gasteiger partial charge is 0.382 e. The number of amides is 1. The fourth-order valence-electron chi connectivity index (χ4n) is 1.50. The highest BCUT2D eigenvalue weighted by molar-refractivity contribution is 5.75. The van der Waals surface area contributed by atoms with Crippen LogP contribution in [0.15, 0.2) is 36.5 Å². The molecule has 0 unspecified atom stereocenters. The molecule has 6 heteroatoms. The molecule has 0 radical (unpaired) electrons. The van der Waals surface area contributed by atoms with E-state index in [-0.39, 0.29) is 24.8 Å². The monoisotopic (exact) mass is 248 g/mol. The number of halogens is 1. The van der Waals surface area contributed by atoms with Crippen molar-refractivity contribution in [3.05, 3.63) is 47.9 Å². The summed E-state index contributed by atoms with van der Waals surface area (Å²) in [7, 11) is 0. The summed E-state index contributed by atoms with van der Waals surface area (Å²) >= 11 is 0. The van der Waals surface area contributed by atoms with E-state index in [1.54, 1.807) is 30.5 Å². The molecule has 3 N–H and O–H groups in total. The van der Waals surface area contributed by atoms with Crippen LogP contribution in [0.2, 0.25) is 0 Å². The van der Waals surface area contributed by atoms with Gasteiger partial charge in [-0.2, -0.15) is 5.10 Å². The molecule has 0 aliphatic heterocycles. The standard InChI is InChI=1S/C12H13FN4O/c13-10-4-2-1-3-9(10)7-15-12(18)8-17-6-5-11(14)16-17/h1-6H,7-8H2,(H2,14,16)(H,15,18). The Kier molecular flexibility index (Phi) is 3.57. The van der Waals surface area contributed by atoms with E-state index in [0.29, 0.717) is 11.4 Å². The lowest BCUT2D eigenvalue weighted by Crippen LogP contribution is -2.27. The van der Waals surface area contributed by atoms with Crippen LogP contribution in [0.3, 0.4) is 0 Å². The van der Waals surface area contributed by atoms with Crippen molar-refractivity contribution < 1.29 is 9.18 Å². The number of carbonyl (C=O) groups is 1. The molecular weight excluding hydrogens is 235 g/mol. The normalized spacial score (nSPS) is 10.3. The second-order valence-electron chi connectivity index (χ2n) is 3.81. The van der Waals surface area contributed by atoms with Crippen LogP contribution in [-0.2, 0) is 17.9 Å². The quantitative estimate of drug-likeness (QED) is 0.845. The van der Waals surface area contributed by atoms with Gasteiger partial charge in [-0.3, -0.25) is 9.48 Å². The minimum absolute atomic E-state index is 0.0612. The number of hydrogen-bond acceptors (Lipinski definition) is 3. The predicted molar refractivity (Wildman–Crippen MR) is 64.9 cm³/mol. The summed E-state index contributed by atoms with van der Waals surface area (Å²) < 4.78 is 14.7. The van der Waals surface area contributed by atoms with Crippen LogP contribution < -0.4 is 11.1 Å². The van der Waals surface area contributed by atoms with Crippen molar-refractivity contribution in [2.45, 2.75) is 13.1 Å². The minimum Gasteiger partial charge on any atom is -0.382 e. The van der Waals surface area contributed by atoms with Crippen molar-refractivity contribution >= 4 is 11.7 Å². The van der Waals surface area contributed by atoms with E-state index < -0.39 is 0 Å². The number of anilines is 1. The van der Waals surface area contributed by atoms with E-state index in [0.717, 1.165) is 0 Å². The highest BCUT2D eigenvalue weighted by Crippen LogP contribution is 2.05. The highest BCUT2D eigenvalue weighted by Gasteiger charge is 2.05. The average Bonchev–Trinajstić information content (AvgIpc) is 2.74. The van der Waals surface area contributed by atoms with Crippen LogP contribution in [-0.4, -0.2) is 15.7 Å². The first-order chi connectivity index (χ1) is 8.65. The third kappa shape index (κ3) is 3.07. The molecule has 0 aliphatic carbocycles. The van der Waals surface area contributed by atoms with Crippen LogP contribution in [0.5, 0.6) is 0 Å². The van der Waals surface area contributed by atoms with Crippen LogP contribution in [0.4, 0.5) is 10.2 Å². The third-order valence-corrected chi connectivity index (χ3v) is 2.40. The molecule has 5 nitrogen and oxygen atoms in total. The molecule has 1 aromatic heterocycles. The molecule has 18 heavy (non-hydrogen) atoms. The number of carbonyl (C=O) groups excluding carboxylic acids is 1. The first kappa shape index (κ1) is 12.1. The summed E-state index contributed by atoms with van der Waals surface area (Å²) in [4.78, 5) is 11.6. The van der Waals surface area contributed by atoms with Crippen LogP contribution in [0.1, 0.15) is 5.56 Å². The smallest absolute Gasteiger partial charge is 0.242 e. The lowest BCUT2D eigenvalue weighted by atomic mass is 10.2. The van der Waals surface area contributed by atoms with Gasteiger partial charge in [-0.25, -0.2) is 4.39 Å². The molecule has 0 saturated heterocycles. The number of aromatic nitrogens is 2. The molecule has 0 aliphatic rings. The Hall–Kier alpha value is -2.37. The van der Waals surface area contributed by atoms with Crippen molar-refractivity contribution in [2.75, 3.05) is 5.73 Å². The van der Waals surface area contributed by atoms with E-state index in [1.165, 1.54) is 10.7 Å². The zero-order valence-electron chi connectivity index (χ0n) is 9.64. The van der Waals surface area contributed by atoms with E-state index in [1.807, 2.05) is 0 Å². The second-order valence-corrected chi connectivity index (χ2v) is 3.81. The number of hydrogen-bond donors (Lipinski definition) is 2. The topological polar surface area (TPSA) is 72.9 Å². The summed E-state index contributed by atoms with van der Waals surface area (Å²) in [6, 6.07) is 7.91. The van der Waals surface area contributed by atoms with Gasteiger partial charge >= 0.3 is 0 Å². The molecule has 0 fully saturated rings. The maximum Gasteiger partial charge on any atom is 0.242 e. The van der Waals surface area contributed by atoms with E-state index >= 15 is 0 Å². The number of nitrogens with zero attached hydrogens (tertiary/aromatic N) is 2. The van der Waals surface area contributed by atoms with Gasteiger partial charge in [0.05, 0.1) is 0 Å². The maximum absolute atomic E-state index is 13.3. The number of nitrogens with two attached hydrogens (primary N) is 1. The Morgan fingerprint density at radius 2 is 2.17 bits per heavy atom. The molecule has 1 aromatic carbocycles. The predicted octanol–water partition coefficient (Wildman–Crippen LogP) is 0.921. The number of nitrogen functional groups attached to an aromatic ring is 1. The van der Waals surface area contributed by atoms with Gasteiger partial charge in [0.2, 0.25) is 5.91 Å². The first-order valence-corrected chi connectivity index (χ1v) is 5.44. The third-order valence-electron chi connectivity index (χ3n) is 2.40. The maximum atomic E-state index is 13.3. The van der Waals surface area contributed by atoms with Gasteiger partial charge in [0.1, 0.15) is 18.2 Å². The van der Waals surface area contributed by atoms with Crippen LogP contribution in [0.25, 0.3) is 0 Å². The first-order valence-electron chi connectivity index (χ1n) is 5.44. The zero-order chi connectivity index (χ0) is 13.0. The Balaban J connectivity index is 1.87. The number of nitrogens with one attached hydrogen (secondary N) is 1. The van der Waals surface area contributed by atoms with Gasteiger partial charge in [-0.05, 0) is 12.1 Å². The van der Waals surface area contributed by atoms with Gasteiger partial charge in [-0.15, -0.1) is 0 Å². The fourth-order valence-corrected chi connectivity index (χ4v) is 1.50. The average molecular weight is 248 g/mol. The van der Waals surface area contributed by atoms with Gasteiger partial charge in [-0.1, -0.05) is 18.2 Å². The molecule has 2 rings (SSSR count). The van der Waals surface area contributed by atoms with E-state index in [4.69, 9.17) is 5.73 Å². The van der Waals surface area contributed by atoms with Crippen molar-refractivity contribution in [1.29, 1.82) is 0 Å². The molecule has 0 bridgehead atoms. The fraction of sp³-hybridized carbons (Fsp3) is 0.167. The second kappa shape index (κ2) is 5.31. The molecular formula is C12H13FN4O. The molecule has 1 amide bonds. The van der Waals surface area contributed by atoms with Crippen LogP contribution in [0, 0.1) is 5.82 Å². The molecule has 2 aromatic rings. The van der Waals surface area contributed by atoms with E-state index in [9.17, 15) is 9.18 Å². The molecule has 0 spiro atoms. The Labute approximate surface area is 103 Å². The van der Waals surface area contributed by atoms with Gasteiger partial charge in [0.25, 0.3) is 0 Å². The summed E-state index contributed by atoms with van der Waals surface area (Å²) in [5, 5.41) is 6.50. The number of rotatable bonds is 4.